The lowest BCUT2D eigenvalue weighted by atomic mass is 9.89. The second-order valence-corrected chi connectivity index (χ2v) is 5.90. The van der Waals surface area contributed by atoms with Gasteiger partial charge in [0.25, 0.3) is 0 Å². The molecule has 5 nitrogen and oxygen atoms in total. The van der Waals surface area contributed by atoms with Crippen molar-refractivity contribution in [2.45, 2.75) is 32.3 Å². The SMILES string of the molecule is CC1CN(C(N)=NCC(C)(C)c2ccccn2)CCO1. The number of hydrogen-bond acceptors (Lipinski definition) is 3. The van der Waals surface area contributed by atoms with E-state index in [1.54, 1.807) is 0 Å². The topological polar surface area (TPSA) is 63.7 Å². The maximum absolute atomic E-state index is 6.10. The molecule has 0 amide bonds. The Morgan fingerprint density at radius 2 is 2.35 bits per heavy atom. The molecular formula is C15H24N4O. The number of nitrogens with zero attached hydrogens (tertiary/aromatic N) is 3. The average Bonchev–Trinajstić information content (AvgIpc) is 2.46. The van der Waals surface area contributed by atoms with Crippen LogP contribution in [0.4, 0.5) is 0 Å². The highest BCUT2D eigenvalue weighted by molar-refractivity contribution is 5.78. The van der Waals surface area contributed by atoms with Gasteiger partial charge in [0.05, 0.1) is 19.3 Å². The summed E-state index contributed by atoms with van der Waals surface area (Å²) in [6.07, 6.45) is 2.02. The fourth-order valence-corrected chi connectivity index (χ4v) is 2.25. The second-order valence-electron chi connectivity index (χ2n) is 5.90. The molecule has 5 heteroatoms. The van der Waals surface area contributed by atoms with Crippen LogP contribution in [0.5, 0.6) is 0 Å². The summed E-state index contributed by atoms with van der Waals surface area (Å²) in [6, 6.07) is 5.95. The summed E-state index contributed by atoms with van der Waals surface area (Å²) in [4.78, 5) is 11.1. The molecule has 1 fully saturated rings. The normalized spacial score (nSPS) is 21.1. The number of nitrogens with two attached hydrogens (primary N) is 1. The highest BCUT2D eigenvalue weighted by Crippen LogP contribution is 2.21. The van der Waals surface area contributed by atoms with E-state index in [9.17, 15) is 0 Å². The third kappa shape index (κ3) is 3.70. The Balaban J connectivity index is 2.00. The third-order valence-electron chi connectivity index (χ3n) is 3.56. The van der Waals surface area contributed by atoms with Crippen LogP contribution in [-0.2, 0) is 10.2 Å². The summed E-state index contributed by atoms with van der Waals surface area (Å²) in [5.41, 5.74) is 7.01. The Kier molecular flexibility index (Phi) is 4.60. The van der Waals surface area contributed by atoms with Crippen LogP contribution in [0.2, 0.25) is 0 Å². The van der Waals surface area contributed by atoms with Gasteiger partial charge in [-0.1, -0.05) is 19.9 Å². The van der Waals surface area contributed by atoms with Crippen LogP contribution in [-0.4, -0.2) is 48.2 Å². The Morgan fingerprint density at radius 3 is 3.00 bits per heavy atom. The molecule has 20 heavy (non-hydrogen) atoms. The van der Waals surface area contributed by atoms with Crippen molar-refractivity contribution < 1.29 is 4.74 Å². The van der Waals surface area contributed by atoms with E-state index in [0.717, 1.165) is 18.8 Å². The molecule has 110 valence electrons. The number of pyridine rings is 1. The first-order valence-corrected chi connectivity index (χ1v) is 7.07. The maximum Gasteiger partial charge on any atom is 0.191 e. The largest absolute Gasteiger partial charge is 0.375 e. The Labute approximate surface area is 120 Å². The van der Waals surface area contributed by atoms with E-state index in [1.165, 1.54) is 0 Å². The minimum absolute atomic E-state index is 0.121. The molecule has 1 aromatic rings. The van der Waals surface area contributed by atoms with Crippen molar-refractivity contribution in [3.8, 4) is 0 Å². The molecule has 2 rings (SSSR count). The molecule has 1 aliphatic rings. The van der Waals surface area contributed by atoms with Crippen molar-refractivity contribution in [1.29, 1.82) is 0 Å². The van der Waals surface area contributed by atoms with Gasteiger partial charge < -0.3 is 15.4 Å². The standard InChI is InChI=1S/C15H24N4O/c1-12-10-19(8-9-20-12)14(16)18-11-15(2,3)13-6-4-5-7-17-13/h4-7,12H,8-11H2,1-3H3,(H2,16,18). The van der Waals surface area contributed by atoms with Gasteiger partial charge >= 0.3 is 0 Å². The van der Waals surface area contributed by atoms with Gasteiger partial charge in [-0.15, -0.1) is 0 Å². The first-order valence-electron chi connectivity index (χ1n) is 7.07. The summed E-state index contributed by atoms with van der Waals surface area (Å²) in [5.74, 6) is 0.601. The summed E-state index contributed by atoms with van der Waals surface area (Å²) in [7, 11) is 0. The van der Waals surface area contributed by atoms with Gasteiger partial charge in [0.15, 0.2) is 5.96 Å². The maximum atomic E-state index is 6.10. The predicted molar refractivity (Wildman–Crippen MR) is 80.7 cm³/mol. The van der Waals surface area contributed by atoms with Gasteiger partial charge in [0.2, 0.25) is 0 Å². The van der Waals surface area contributed by atoms with Crippen molar-refractivity contribution in [3.63, 3.8) is 0 Å². The molecule has 0 aliphatic carbocycles. The van der Waals surface area contributed by atoms with Crippen molar-refractivity contribution in [2.75, 3.05) is 26.2 Å². The molecule has 1 aliphatic heterocycles. The van der Waals surface area contributed by atoms with Crippen LogP contribution >= 0.6 is 0 Å². The van der Waals surface area contributed by atoms with Crippen molar-refractivity contribution in [1.82, 2.24) is 9.88 Å². The van der Waals surface area contributed by atoms with Crippen molar-refractivity contribution in [3.05, 3.63) is 30.1 Å². The Hall–Kier alpha value is -1.62. The average molecular weight is 276 g/mol. The van der Waals surface area contributed by atoms with Crippen LogP contribution in [0.15, 0.2) is 29.4 Å². The molecule has 0 radical (unpaired) electrons. The summed E-state index contributed by atoms with van der Waals surface area (Å²) >= 11 is 0. The minimum atomic E-state index is -0.121. The van der Waals surface area contributed by atoms with E-state index in [0.29, 0.717) is 19.1 Å². The monoisotopic (exact) mass is 276 g/mol. The first-order chi connectivity index (χ1) is 9.49. The molecule has 0 saturated carbocycles. The number of ether oxygens (including phenoxy) is 1. The zero-order chi connectivity index (χ0) is 14.6. The zero-order valence-electron chi connectivity index (χ0n) is 12.5. The van der Waals surface area contributed by atoms with Crippen LogP contribution in [0.3, 0.4) is 0 Å². The quantitative estimate of drug-likeness (QED) is 0.669. The predicted octanol–water partition coefficient (Wildman–Crippen LogP) is 1.39. The van der Waals surface area contributed by atoms with Crippen LogP contribution < -0.4 is 5.73 Å². The van der Waals surface area contributed by atoms with Crippen molar-refractivity contribution >= 4 is 5.96 Å². The van der Waals surface area contributed by atoms with E-state index in [4.69, 9.17) is 10.5 Å². The number of aliphatic imine (C=N–C) groups is 1. The molecule has 2 N–H and O–H groups in total. The number of morpholine rings is 1. The number of aromatic nitrogens is 1. The molecule has 0 aromatic carbocycles. The molecule has 0 spiro atoms. The van der Waals surface area contributed by atoms with Crippen LogP contribution in [0, 0.1) is 0 Å². The molecule has 1 unspecified atom stereocenters. The number of rotatable bonds is 3. The van der Waals surface area contributed by atoms with E-state index in [-0.39, 0.29) is 11.5 Å². The van der Waals surface area contributed by atoms with Gasteiger partial charge in [0, 0.05) is 30.4 Å². The highest BCUT2D eigenvalue weighted by Gasteiger charge is 2.23. The first kappa shape index (κ1) is 14.8. The second kappa shape index (κ2) is 6.22. The Bertz CT molecular complexity index is 458. The summed E-state index contributed by atoms with van der Waals surface area (Å²) in [5, 5.41) is 0. The number of guanidine groups is 1. The molecular weight excluding hydrogens is 252 g/mol. The smallest absolute Gasteiger partial charge is 0.191 e. The van der Waals surface area contributed by atoms with E-state index in [2.05, 4.69) is 35.6 Å². The van der Waals surface area contributed by atoms with Crippen LogP contribution in [0.1, 0.15) is 26.5 Å². The number of hydrogen-bond donors (Lipinski definition) is 1. The highest BCUT2D eigenvalue weighted by atomic mass is 16.5. The van der Waals surface area contributed by atoms with Crippen molar-refractivity contribution in [2.24, 2.45) is 10.7 Å². The molecule has 1 atom stereocenters. The summed E-state index contributed by atoms with van der Waals surface area (Å²) < 4.78 is 5.51. The lowest BCUT2D eigenvalue weighted by Gasteiger charge is -2.32. The van der Waals surface area contributed by atoms with Gasteiger partial charge in [-0.3, -0.25) is 9.98 Å². The lowest BCUT2D eigenvalue weighted by molar-refractivity contribution is 0.00527. The van der Waals surface area contributed by atoms with Gasteiger partial charge in [-0.2, -0.15) is 0 Å². The minimum Gasteiger partial charge on any atom is -0.375 e. The zero-order valence-corrected chi connectivity index (χ0v) is 12.5. The fraction of sp³-hybridized carbons (Fsp3) is 0.600. The molecule has 2 heterocycles. The van der Waals surface area contributed by atoms with E-state index in [1.807, 2.05) is 24.4 Å². The molecule has 1 saturated heterocycles. The van der Waals surface area contributed by atoms with E-state index >= 15 is 0 Å². The molecule has 1 aromatic heterocycles. The van der Waals surface area contributed by atoms with Crippen LogP contribution in [0.25, 0.3) is 0 Å². The molecule has 0 bridgehead atoms. The lowest BCUT2D eigenvalue weighted by Crippen LogP contribution is -2.48. The van der Waals surface area contributed by atoms with Gasteiger partial charge in [-0.25, -0.2) is 0 Å². The third-order valence-corrected chi connectivity index (χ3v) is 3.56. The van der Waals surface area contributed by atoms with Gasteiger partial charge in [-0.05, 0) is 19.1 Å². The summed E-state index contributed by atoms with van der Waals surface area (Å²) in [6.45, 7) is 9.27. The van der Waals surface area contributed by atoms with E-state index < -0.39 is 0 Å². The van der Waals surface area contributed by atoms with Gasteiger partial charge in [0.1, 0.15) is 0 Å². The Morgan fingerprint density at radius 1 is 1.55 bits per heavy atom. The fourth-order valence-electron chi connectivity index (χ4n) is 2.25.